The average Bonchev–Trinajstić information content (AvgIpc) is 2.76. The van der Waals surface area contributed by atoms with Crippen molar-refractivity contribution >= 4 is 29.3 Å². The van der Waals surface area contributed by atoms with E-state index in [1.54, 1.807) is 6.92 Å². The molecule has 2 rings (SSSR count). The van der Waals surface area contributed by atoms with Crippen LogP contribution in [0.4, 0.5) is 0 Å². The fourth-order valence-electron chi connectivity index (χ4n) is 1.94. The lowest BCUT2D eigenvalue weighted by atomic mass is 10.0. The molecule has 4 nitrogen and oxygen atoms in total. The monoisotopic (exact) mass is 268 g/mol. The second-order valence-corrected chi connectivity index (χ2v) is 3.90. The fraction of sp³-hybridized carbons (Fsp3) is 0.308. The van der Waals surface area contributed by atoms with Gasteiger partial charge in [-0.05, 0) is 24.6 Å². The van der Waals surface area contributed by atoms with Crippen molar-refractivity contribution in [3.63, 3.8) is 0 Å². The Balaban J connectivity index is 0.00000162. The van der Waals surface area contributed by atoms with Crippen molar-refractivity contribution in [2.75, 3.05) is 6.61 Å². The normalized spacial score (nSPS) is 11.9. The molecule has 0 aliphatic rings. The van der Waals surface area contributed by atoms with E-state index in [1.165, 1.54) is 0 Å². The number of rotatable bonds is 4. The van der Waals surface area contributed by atoms with Gasteiger partial charge >= 0.3 is 5.97 Å². The number of benzene rings is 1. The molecule has 0 radical (unpaired) electrons. The van der Waals surface area contributed by atoms with Gasteiger partial charge in [-0.25, -0.2) is 0 Å². The first-order valence-electron chi connectivity index (χ1n) is 5.69. The molecular formula is C13H17ClN2O2. The van der Waals surface area contributed by atoms with Gasteiger partial charge in [0.1, 0.15) is 0 Å². The standard InChI is InChI=1S/C13H16N2O2.ClH/c1-2-17-13(16)8-11(14)9-4-3-5-12-10(9)6-7-15-12;/h3-7,11,15H,2,8,14H2,1H3;1H/t11-;/m0./s1. The Hall–Kier alpha value is -1.52. The van der Waals surface area contributed by atoms with Crippen LogP contribution in [0.3, 0.4) is 0 Å². The zero-order valence-electron chi connectivity index (χ0n) is 10.2. The zero-order valence-corrected chi connectivity index (χ0v) is 11.0. The van der Waals surface area contributed by atoms with E-state index >= 15 is 0 Å². The average molecular weight is 269 g/mol. The first kappa shape index (κ1) is 14.5. The summed E-state index contributed by atoms with van der Waals surface area (Å²) in [6.07, 6.45) is 2.07. The number of aromatic amines is 1. The second kappa shape index (κ2) is 6.42. The third-order valence-electron chi connectivity index (χ3n) is 2.72. The number of fused-ring (bicyclic) bond motifs is 1. The minimum absolute atomic E-state index is 0. The molecule has 0 spiro atoms. The van der Waals surface area contributed by atoms with Crippen LogP contribution in [0.15, 0.2) is 30.5 Å². The van der Waals surface area contributed by atoms with E-state index in [0.29, 0.717) is 6.61 Å². The zero-order chi connectivity index (χ0) is 12.3. The Kier molecular flexibility index (Phi) is 5.19. The van der Waals surface area contributed by atoms with Gasteiger partial charge in [-0.15, -0.1) is 12.4 Å². The fourth-order valence-corrected chi connectivity index (χ4v) is 1.94. The molecule has 0 fully saturated rings. The highest BCUT2D eigenvalue weighted by atomic mass is 35.5. The van der Waals surface area contributed by atoms with Crippen molar-refractivity contribution in [1.82, 2.24) is 4.98 Å². The van der Waals surface area contributed by atoms with Gasteiger partial charge in [-0.3, -0.25) is 4.79 Å². The minimum atomic E-state index is -0.325. The lowest BCUT2D eigenvalue weighted by Gasteiger charge is -2.12. The Morgan fingerprint density at radius 1 is 1.44 bits per heavy atom. The summed E-state index contributed by atoms with van der Waals surface area (Å²) in [6.45, 7) is 2.18. The van der Waals surface area contributed by atoms with Gasteiger partial charge in [-0.1, -0.05) is 12.1 Å². The maximum absolute atomic E-state index is 11.4. The Labute approximate surface area is 112 Å². The van der Waals surface area contributed by atoms with Gasteiger partial charge in [0.15, 0.2) is 0 Å². The Morgan fingerprint density at radius 2 is 2.22 bits per heavy atom. The molecule has 3 N–H and O–H groups in total. The molecule has 18 heavy (non-hydrogen) atoms. The summed E-state index contributed by atoms with van der Waals surface area (Å²) in [5, 5.41) is 1.06. The van der Waals surface area contributed by atoms with E-state index in [4.69, 9.17) is 10.5 Å². The number of esters is 1. The SMILES string of the molecule is CCOC(=O)C[C@H](N)c1cccc2[nH]ccc12.Cl. The van der Waals surface area contributed by atoms with Crippen LogP contribution in [-0.4, -0.2) is 17.6 Å². The quantitative estimate of drug-likeness (QED) is 0.838. The van der Waals surface area contributed by atoms with Gasteiger partial charge in [0.05, 0.1) is 13.0 Å². The lowest BCUT2D eigenvalue weighted by Crippen LogP contribution is -2.17. The van der Waals surface area contributed by atoms with E-state index in [-0.39, 0.29) is 30.8 Å². The van der Waals surface area contributed by atoms with Gasteiger partial charge < -0.3 is 15.5 Å². The lowest BCUT2D eigenvalue weighted by molar-refractivity contribution is -0.143. The first-order chi connectivity index (χ1) is 8.22. The smallest absolute Gasteiger partial charge is 0.307 e. The minimum Gasteiger partial charge on any atom is -0.466 e. The summed E-state index contributed by atoms with van der Waals surface area (Å²) >= 11 is 0. The summed E-state index contributed by atoms with van der Waals surface area (Å²) in [5.41, 5.74) is 8.04. The van der Waals surface area contributed by atoms with Crippen molar-refractivity contribution < 1.29 is 9.53 Å². The molecule has 1 aromatic carbocycles. The van der Waals surface area contributed by atoms with E-state index < -0.39 is 0 Å². The van der Waals surface area contributed by atoms with Crippen LogP contribution in [0, 0.1) is 0 Å². The van der Waals surface area contributed by atoms with Crippen LogP contribution >= 0.6 is 12.4 Å². The van der Waals surface area contributed by atoms with Crippen LogP contribution in [0.2, 0.25) is 0 Å². The van der Waals surface area contributed by atoms with Crippen molar-refractivity contribution in [3.05, 3.63) is 36.0 Å². The molecule has 1 atom stereocenters. The third-order valence-corrected chi connectivity index (χ3v) is 2.72. The van der Waals surface area contributed by atoms with Crippen LogP contribution in [0.1, 0.15) is 24.9 Å². The van der Waals surface area contributed by atoms with Crippen molar-refractivity contribution in [2.45, 2.75) is 19.4 Å². The number of nitrogens with one attached hydrogen (secondary N) is 1. The predicted octanol–water partition coefficient (Wildman–Crippen LogP) is 2.54. The number of hydrogen-bond acceptors (Lipinski definition) is 3. The molecule has 0 saturated heterocycles. The van der Waals surface area contributed by atoms with Crippen LogP contribution in [-0.2, 0) is 9.53 Å². The maximum atomic E-state index is 11.4. The summed E-state index contributed by atoms with van der Waals surface area (Å²) in [4.78, 5) is 14.5. The van der Waals surface area contributed by atoms with Crippen LogP contribution in [0.25, 0.3) is 10.9 Å². The van der Waals surface area contributed by atoms with E-state index in [9.17, 15) is 4.79 Å². The molecule has 0 aliphatic carbocycles. The summed E-state index contributed by atoms with van der Waals surface area (Å²) in [7, 11) is 0. The highest BCUT2D eigenvalue weighted by Crippen LogP contribution is 2.24. The molecule has 0 unspecified atom stereocenters. The summed E-state index contributed by atoms with van der Waals surface area (Å²) < 4.78 is 4.90. The topological polar surface area (TPSA) is 68.1 Å². The number of H-pyrrole nitrogens is 1. The molecule has 0 bridgehead atoms. The number of carbonyl (C=O) groups excluding carboxylic acids is 1. The molecule has 98 valence electrons. The first-order valence-corrected chi connectivity index (χ1v) is 5.69. The van der Waals surface area contributed by atoms with Crippen molar-refractivity contribution in [1.29, 1.82) is 0 Å². The van der Waals surface area contributed by atoms with Crippen molar-refractivity contribution in [2.24, 2.45) is 5.73 Å². The summed E-state index contributed by atoms with van der Waals surface area (Å²) in [6, 6.07) is 7.50. The number of halogens is 1. The van der Waals surface area contributed by atoms with Crippen molar-refractivity contribution in [3.8, 4) is 0 Å². The molecule has 0 amide bonds. The molecule has 0 aliphatic heterocycles. The maximum Gasteiger partial charge on any atom is 0.307 e. The number of hydrogen-bond donors (Lipinski definition) is 2. The van der Waals surface area contributed by atoms with E-state index in [1.807, 2.05) is 30.5 Å². The number of nitrogens with two attached hydrogens (primary N) is 1. The van der Waals surface area contributed by atoms with Gasteiger partial charge in [0, 0.05) is 23.1 Å². The van der Waals surface area contributed by atoms with Gasteiger partial charge in [-0.2, -0.15) is 0 Å². The molecule has 0 saturated carbocycles. The Bertz CT molecular complexity index is 524. The van der Waals surface area contributed by atoms with E-state index in [0.717, 1.165) is 16.5 Å². The molecule has 1 heterocycles. The Morgan fingerprint density at radius 3 is 2.94 bits per heavy atom. The largest absolute Gasteiger partial charge is 0.466 e. The highest BCUT2D eigenvalue weighted by molar-refractivity contribution is 5.85. The van der Waals surface area contributed by atoms with E-state index in [2.05, 4.69) is 4.98 Å². The van der Waals surface area contributed by atoms with Crippen LogP contribution in [0.5, 0.6) is 0 Å². The number of aromatic nitrogens is 1. The molecule has 5 heteroatoms. The second-order valence-electron chi connectivity index (χ2n) is 3.90. The molecule has 1 aromatic heterocycles. The third kappa shape index (κ3) is 3.03. The molecular weight excluding hydrogens is 252 g/mol. The number of ether oxygens (including phenoxy) is 1. The molecule has 2 aromatic rings. The van der Waals surface area contributed by atoms with Crippen LogP contribution < -0.4 is 5.73 Å². The summed E-state index contributed by atoms with van der Waals surface area (Å²) in [5.74, 6) is -0.257. The highest BCUT2D eigenvalue weighted by Gasteiger charge is 2.14. The number of carbonyl (C=O) groups is 1. The van der Waals surface area contributed by atoms with Gasteiger partial charge in [0.2, 0.25) is 0 Å². The van der Waals surface area contributed by atoms with Gasteiger partial charge in [0.25, 0.3) is 0 Å². The predicted molar refractivity (Wildman–Crippen MR) is 73.7 cm³/mol.